The molecule has 3 aromatic rings. The highest BCUT2D eigenvalue weighted by atomic mass is 19.1. The van der Waals surface area contributed by atoms with Gasteiger partial charge in [0.1, 0.15) is 17.2 Å². The zero-order chi connectivity index (χ0) is 16.2. The second-order valence-corrected chi connectivity index (χ2v) is 5.10. The van der Waals surface area contributed by atoms with Crippen LogP contribution in [-0.4, -0.2) is 27.0 Å². The molecule has 118 valence electrons. The fourth-order valence-corrected chi connectivity index (χ4v) is 2.56. The minimum absolute atomic E-state index is 0.0539. The van der Waals surface area contributed by atoms with E-state index in [1.807, 2.05) is 23.6 Å². The molecule has 2 heterocycles. The first-order chi connectivity index (χ1) is 11.2. The Morgan fingerprint density at radius 2 is 2.09 bits per heavy atom. The molecule has 23 heavy (non-hydrogen) atoms. The third-order valence-electron chi connectivity index (χ3n) is 3.65. The van der Waals surface area contributed by atoms with Crippen LogP contribution >= 0.6 is 0 Å². The standard InChI is InChI=1S/C17H17FN4O/c1-2-22-15(21-14-8-5-10-19-16(14)22)9-11-20-17(23)12-6-3-4-7-13(12)18/h3-8,10H,2,9,11H2,1H3,(H,20,23). The molecular weight excluding hydrogens is 295 g/mol. The normalized spacial score (nSPS) is 10.9. The van der Waals surface area contributed by atoms with E-state index in [4.69, 9.17) is 0 Å². The van der Waals surface area contributed by atoms with Gasteiger partial charge >= 0.3 is 0 Å². The maximum Gasteiger partial charge on any atom is 0.254 e. The van der Waals surface area contributed by atoms with Gasteiger partial charge < -0.3 is 9.88 Å². The summed E-state index contributed by atoms with van der Waals surface area (Å²) in [4.78, 5) is 20.9. The molecule has 3 rings (SSSR count). The molecule has 0 spiro atoms. The highest BCUT2D eigenvalue weighted by Crippen LogP contribution is 2.13. The molecule has 0 bridgehead atoms. The first kappa shape index (κ1) is 15.1. The number of hydrogen-bond acceptors (Lipinski definition) is 3. The fourth-order valence-electron chi connectivity index (χ4n) is 2.56. The Balaban J connectivity index is 1.69. The predicted octanol–water partition coefficient (Wildman–Crippen LogP) is 2.56. The summed E-state index contributed by atoms with van der Waals surface area (Å²) in [6.07, 6.45) is 2.30. The van der Waals surface area contributed by atoms with Crippen molar-refractivity contribution in [3.8, 4) is 0 Å². The number of benzene rings is 1. The highest BCUT2D eigenvalue weighted by Gasteiger charge is 2.12. The van der Waals surface area contributed by atoms with Gasteiger partial charge in [-0.15, -0.1) is 0 Å². The van der Waals surface area contributed by atoms with Crippen molar-refractivity contribution >= 4 is 17.1 Å². The van der Waals surface area contributed by atoms with E-state index in [0.717, 1.165) is 23.5 Å². The van der Waals surface area contributed by atoms with Crippen molar-refractivity contribution in [3.63, 3.8) is 0 Å². The molecule has 0 saturated carbocycles. The van der Waals surface area contributed by atoms with Crippen LogP contribution in [0.1, 0.15) is 23.1 Å². The molecule has 5 nitrogen and oxygen atoms in total. The van der Waals surface area contributed by atoms with Gasteiger partial charge in [-0.25, -0.2) is 14.4 Å². The monoisotopic (exact) mass is 312 g/mol. The first-order valence-corrected chi connectivity index (χ1v) is 7.53. The lowest BCUT2D eigenvalue weighted by molar-refractivity contribution is 0.0950. The van der Waals surface area contributed by atoms with Gasteiger partial charge in [0.2, 0.25) is 0 Å². The number of aromatic nitrogens is 3. The molecule has 6 heteroatoms. The number of nitrogens with one attached hydrogen (secondary N) is 1. The van der Waals surface area contributed by atoms with Gasteiger partial charge in [0, 0.05) is 25.7 Å². The molecule has 1 amide bonds. The Morgan fingerprint density at radius 3 is 2.87 bits per heavy atom. The zero-order valence-electron chi connectivity index (χ0n) is 12.8. The van der Waals surface area contributed by atoms with Crippen LogP contribution < -0.4 is 5.32 Å². The van der Waals surface area contributed by atoms with Crippen molar-refractivity contribution in [1.82, 2.24) is 19.9 Å². The number of carbonyl (C=O) groups is 1. The highest BCUT2D eigenvalue weighted by molar-refractivity contribution is 5.94. The van der Waals surface area contributed by atoms with Crippen LogP contribution in [-0.2, 0) is 13.0 Å². The van der Waals surface area contributed by atoms with Crippen molar-refractivity contribution in [2.24, 2.45) is 0 Å². The second kappa shape index (κ2) is 6.56. The maximum atomic E-state index is 13.6. The predicted molar refractivity (Wildman–Crippen MR) is 85.6 cm³/mol. The number of carbonyl (C=O) groups excluding carboxylic acids is 1. The lowest BCUT2D eigenvalue weighted by atomic mass is 10.2. The molecule has 1 aromatic carbocycles. The molecule has 0 radical (unpaired) electrons. The molecule has 0 aliphatic rings. The third-order valence-corrected chi connectivity index (χ3v) is 3.65. The van der Waals surface area contributed by atoms with Crippen LogP contribution in [0.2, 0.25) is 0 Å². The minimum atomic E-state index is -0.519. The smallest absolute Gasteiger partial charge is 0.254 e. The second-order valence-electron chi connectivity index (χ2n) is 5.10. The number of nitrogens with zero attached hydrogens (tertiary/aromatic N) is 3. The molecule has 1 N–H and O–H groups in total. The van der Waals surface area contributed by atoms with Gasteiger partial charge in [0.15, 0.2) is 5.65 Å². The van der Waals surface area contributed by atoms with Gasteiger partial charge in [0.05, 0.1) is 5.56 Å². The quantitative estimate of drug-likeness (QED) is 0.787. The number of rotatable bonds is 5. The topological polar surface area (TPSA) is 59.8 Å². The van der Waals surface area contributed by atoms with Crippen molar-refractivity contribution in [3.05, 3.63) is 59.8 Å². The van der Waals surface area contributed by atoms with E-state index >= 15 is 0 Å². The summed E-state index contributed by atoms with van der Waals surface area (Å²) < 4.78 is 15.6. The summed E-state index contributed by atoms with van der Waals surface area (Å²) in [6.45, 7) is 3.16. The van der Waals surface area contributed by atoms with E-state index in [2.05, 4.69) is 15.3 Å². The minimum Gasteiger partial charge on any atom is -0.351 e. The number of imidazole rings is 1. The summed E-state index contributed by atoms with van der Waals surface area (Å²) in [5, 5.41) is 2.73. The van der Waals surface area contributed by atoms with E-state index < -0.39 is 11.7 Å². The number of amides is 1. The Morgan fingerprint density at radius 1 is 1.26 bits per heavy atom. The maximum absolute atomic E-state index is 13.6. The molecule has 0 aliphatic heterocycles. The van der Waals surface area contributed by atoms with Crippen LogP contribution in [0, 0.1) is 5.82 Å². The van der Waals surface area contributed by atoms with Crippen molar-refractivity contribution < 1.29 is 9.18 Å². The van der Waals surface area contributed by atoms with Crippen molar-refractivity contribution in [1.29, 1.82) is 0 Å². The third kappa shape index (κ3) is 3.06. The lowest BCUT2D eigenvalue weighted by Gasteiger charge is -2.07. The molecular formula is C17H17FN4O. The van der Waals surface area contributed by atoms with Crippen LogP contribution in [0.25, 0.3) is 11.2 Å². The van der Waals surface area contributed by atoms with Gasteiger partial charge in [-0.05, 0) is 31.2 Å². The van der Waals surface area contributed by atoms with Crippen LogP contribution in [0.3, 0.4) is 0 Å². The van der Waals surface area contributed by atoms with Crippen LogP contribution in [0.5, 0.6) is 0 Å². The Labute approximate surface area is 133 Å². The summed E-state index contributed by atoms with van der Waals surface area (Å²) in [5.74, 6) is -0.0783. The number of pyridine rings is 1. The molecule has 0 unspecified atom stereocenters. The van der Waals surface area contributed by atoms with Crippen LogP contribution in [0.15, 0.2) is 42.6 Å². The number of aryl methyl sites for hydroxylation is 1. The Kier molecular flexibility index (Phi) is 4.32. The summed E-state index contributed by atoms with van der Waals surface area (Å²) in [5.41, 5.74) is 1.73. The Hall–Kier alpha value is -2.76. The molecule has 2 aromatic heterocycles. The Bertz CT molecular complexity index is 843. The summed E-state index contributed by atoms with van der Waals surface area (Å²) in [6, 6.07) is 9.70. The van der Waals surface area contributed by atoms with E-state index in [1.54, 1.807) is 18.3 Å². The SMILES string of the molecule is CCn1c(CCNC(=O)c2ccccc2F)nc2cccnc21. The van der Waals surface area contributed by atoms with E-state index in [9.17, 15) is 9.18 Å². The zero-order valence-corrected chi connectivity index (χ0v) is 12.8. The number of hydrogen-bond donors (Lipinski definition) is 1. The number of halogens is 1. The van der Waals surface area contributed by atoms with Gasteiger partial charge in [-0.2, -0.15) is 0 Å². The molecule has 0 atom stereocenters. The first-order valence-electron chi connectivity index (χ1n) is 7.53. The van der Waals surface area contributed by atoms with E-state index in [1.165, 1.54) is 12.1 Å². The fraction of sp³-hybridized carbons (Fsp3) is 0.235. The van der Waals surface area contributed by atoms with E-state index in [-0.39, 0.29) is 5.56 Å². The van der Waals surface area contributed by atoms with Gasteiger partial charge in [-0.3, -0.25) is 4.79 Å². The summed E-state index contributed by atoms with van der Waals surface area (Å²) >= 11 is 0. The van der Waals surface area contributed by atoms with Crippen LogP contribution in [0.4, 0.5) is 4.39 Å². The van der Waals surface area contributed by atoms with Crippen molar-refractivity contribution in [2.45, 2.75) is 19.9 Å². The molecule has 0 saturated heterocycles. The largest absolute Gasteiger partial charge is 0.351 e. The molecule has 0 aliphatic carbocycles. The van der Waals surface area contributed by atoms with E-state index in [0.29, 0.717) is 13.0 Å². The van der Waals surface area contributed by atoms with Gasteiger partial charge in [-0.1, -0.05) is 12.1 Å². The molecule has 0 fully saturated rings. The van der Waals surface area contributed by atoms with Crippen molar-refractivity contribution in [2.75, 3.05) is 6.54 Å². The average Bonchev–Trinajstić information content (AvgIpc) is 2.92. The average molecular weight is 312 g/mol. The lowest BCUT2D eigenvalue weighted by Crippen LogP contribution is -2.27. The van der Waals surface area contributed by atoms with Gasteiger partial charge in [0.25, 0.3) is 5.91 Å². The summed E-state index contributed by atoms with van der Waals surface area (Å²) in [7, 11) is 0. The number of fused-ring (bicyclic) bond motifs is 1.